The van der Waals surface area contributed by atoms with Crippen molar-refractivity contribution in [2.24, 2.45) is 4.36 Å². The van der Waals surface area contributed by atoms with Gasteiger partial charge in [0.15, 0.2) is 11.4 Å². The Balaban J connectivity index is 1.63. The summed E-state index contributed by atoms with van der Waals surface area (Å²) in [6.07, 6.45) is 1.42. The first-order valence-electron chi connectivity index (χ1n) is 9.79. The van der Waals surface area contributed by atoms with Crippen molar-refractivity contribution in [2.45, 2.75) is 17.5 Å². The van der Waals surface area contributed by atoms with Crippen molar-refractivity contribution in [2.75, 3.05) is 26.0 Å². The minimum atomic E-state index is -3.04. The quantitative estimate of drug-likeness (QED) is 0.649. The fourth-order valence-corrected chi connectivity index (χ4v) is 5.20. The molecule has 0 bridgehead atoms. The number of amides is 1. The Morgan fingerprint density at radius 3 is 2.77 bits per heavy atom. The third-order valence-electron chi connectivity index (χ3n) is 5.61. The lowest BCUT2D eigenvalue weighted by atomic mass is 10.1. The number of benzene rings is 2. The van der Waals surface area contributed by atoms with Gasteiger partial charge in [-0.1, -0.05) is 30.3 Å². The average molecular weight is 440 g/mol. The molecule has 160 valence electrons. The molecule has 5 rings (SSSR count). The van der Waals surface area contributed by atoms with E-state index in [1.54, 1.807) is 17.0 Å². The molecule has 2 aliphatic heterocycles. The maximum atomic E-state index is 13.4. The SMILES string of the molecule is CS(=O)(=Nc1nn2c(c(O)c1=O)C(=O)N1CCOC[C@@H]1C2)c1ccc2ccccc2c1. The van der Waals surface area contributed by atoms with E-state index < -0.39 is 26.8 Å². The van der Waals surface area contributed by atoms with E-state index in [9.17, 15) is 18.9 Å². The van der Waals surface area contributed by atoms with Gasteiger partial charge in [-0.2, -0.15) is 4.36 Å². The summed E-state index contributed by atoms with van der Waals surface area (Å²) in [5, 5.41) is 16.6. The third-order valence-corrected chi connectivity index (χ3v) is 7.26. The fourth-order valence-electron chi connectivity index (χ4n) is 3.98. The number of fused-ring (bicyclic) bond motifs is 3. The third kappa shape index (κ3) is 3.28. The van der Waals surface area contributed by atoms with Gasteiger partial charge in [0, 0.05) is 17.7 Å². The van der Waals surface area contributed by atoms with Crippen LogP contribution in [0.15, 0.2) is 56.5 Å². The second kappa shape index (κ2) is 7.17. The lowest BCUT2D eigenvalue weighted by Crippen LogP contribution is -2.55. The molecule has 2 aliphatic rings. The Kier molecular flexibility index (Phi) is 4.56. The maximum absolute atomic E-state index is 13.4. The monoisotopic (exact) mass is 440 g/mol. The van der Waals surface area contributed by atoms with Crippen molar-refractivity contribution in [3.05, 3.63) is 58.4 Å². The van der Waals surface area contributed by atoms with E-state index in [1.165, 1.54) is 10.9 Å². The summed E-state index contributed by atoms with van der Waals surface area (Å²) < 4.78 is 24.2. The summed E-state index contributed by atoms with van der Waals surface area (Å²) in [7, 11) is -3.04. The van der Waals surface area contributed by atoms with E-state index in [4.69, 9.17) is 4.74 Å². The molecule has 1 N–H and O–H groups in total. The van der Waals surface area contributed by atoms with Crippen LogP contribution in [0.2, 0.25) is 0 Å². The second-order valence-electron chi connectivity index (χ2n) is 7.66. The van der Waals surface area contributed by atoms with Gasteiger partial charge in [0.1, 0.15) is 0 Å². The van der Waals surface area contributed by atoms with Crippen LogP contribution in [0.25, 0.3) is 10.8 Å². The Hall–Kier alpha value is -3.24. The highest BCUT2D eigenvalue weighted by Gasteiger charge is 2.38. The number of rotatable bonds is 2. The van der Waals surface area contributed by atoms with Crippen molar-refractivity contribution < 1.29 is 18.8 Å². The van der Waals surface area contributed by atoms with Gasteiger partial charge in [-0.05, 0) is 22.9 Å². The number of carbonyl (C=O) groups is 1. The van der Waals surface area contributed by atoms with Crippen LogP contribution in [0.5, 0.6) is 5.75 Å². The zero-order valence-electron chi connectivity index (χ0n) is 16.7. The predicted octanol–water partition coefficient (Wildman–Crippen LogP) is 1.75. The van der Waals surface area contributed by atoms with Crippen LogP contribution in [0, 0.1) is 0 Å². The van der Waals surface area contributed by atoms with Crippen molar-refractivity contribution in [3.63, 3.8) is 0 Å². The molecular formula is C21H20N4O5S. The zero-order valence-corrected chi connectivity index (χ0v) is 17.5. The van der Waals surface area contributed by atoms with Gasteiger partial charge in [0.25, 0.3) is 11.3 Å². The van der Waals surface area contributed by atoms with E-state index in [1.807, 2.05) is 30.3 Å². The van der Waals surface area contributed by atoms with Gasteiger partial charge in [-0.3, -0.25) is 14.3 Å². The Morgan fingerprint density at radius 1 is 1.19 bits per heavy atom. The Labute approximate surface area is 178 Å². The van der Waals surface area contributed by atoms with Gasteiger partial charge >= 0.3 is 0 Å². The highest BCUT2D eigenvalue weighted by Crippen LogP contribution is 2.27. The van der Waals surface area contributed by atoms with Gasteiger partial charge in [-0.15, -0.1) is 5.10 Å². The van der Waals surface area contributed by atoms with Gasteiger partial charge < -0.3 is 14.7 Å². The number of hydrogen-bond donors (Lipinski definition) is 1. The molecule has 1 amide bonds. The molecular weight excluding hydrogens is 420 g/mol. The predicted molar refractivity (Wildman–Crippen MR) is 114 cm³/mol. The van der Waals surface area contributed by atoms with E-state index in [2.05, 4.69) is 9.46 Å². The number of ether oxygens (including phenoxy) is 1. The number of hydrogen-bond acceptors (Lipinski definition) is 7. The Morgan fingerprint density at radius 2 is 1.97 bits per heavy atom. The van der Waals surface area contributed by atoms with E-state index in [0.717, 1.165) is 10.8 Å². The number of carbonyl (C=O) groups excluding carboxylic acids is 1. The largest absolute Gasteiger partial charge is 0.502 e. The number of nitrogens with zero attached hydrogens (tertiary/aromatic N) is 4. The minimum Gasteiger partial charge on any atom is -0.502 e. The van der Waals surface area contributed by atoms with Crippen molar-refractivity contribution in [1.82, 2.24) is 14.7 Å². The van der Waals surface area contributed by atoms with Gasteiger partial charge in [0.2, 0.25) is 5.82 Å². The lowest BCUT2D eigenvalue weighted by molar-refractivity contribution is -0.0157. The highest BCUT2D eigenvalue weighted by molar-refractivity contribution is 7.93. The molecule has 10 heteroatoms. The number of aromatic hydroxyl groups is 1. The smallest absolute Gasteiger partial charge is 0.276 e. The van der Waals surface area contributed by atoms with E-state index in [0.29, 0.717) is 24.7 Å². The average Bonchev–Trinajstić information content (AvgIpc) is 2.77. The van der Waals surface area contributed by atoms with E-state index >= 15 is 0 Å². The van der Waals surface area contributed by atoms with Crippen LogP contribution in [0.4, 0.5) is 5.82 Å². The van der Waals surface area contributed by atoms with Gasteiger partial charge in [-0.25, -0.2) is 4.21 Å². The van der Waals surface area contributed by atoms with E-state index in [-0.39, 0.29) is 24.1 Å². The van der Waals surface area contributed by atoms with Crippen LogP contribution in [0.3, 0.4) is 0 Å². The molecule has 1 aromatic heterocycles. The maximum Gasteiger partial charge on any atom is 0.276 e. The molecule has 0 radical (unpaired) electrons. The molecule has 3 aromatic rings. The summed E-state index contributed by atoms with van der Waals surface area (Å²) in [4.78, 5) is 27.5. The van der Waals surface area contributed by atoms with Crippen LogP contribution >= 0.6 is 0 Å². The molecule has 2 atom stereocenters. The number of morpholine rings is 1. The zero-order chi connectivity index (χ0) is 21.8. The molecule has 2 aromatic carbocycles. The molecule has 31 heavy (non-hydrogen) atoms. The summed E-state index contributed by atoms with van der Waals surface area (Å²) >= 11 is 0. The van der Waals surface area contributed by atoms with Crippen LogP contribution in [-0.4, -0.2) is 62.0 Å². The number of aromatic nitrogens is 2. The second-order valence-corrected chi connectivity index (χ2v) is 9.92. The lowest BCUT2D eigenvalue weighted by Gasteiger charge is -2.39. The standard InChI is InChI=1S/C21H20N4O5S/c1-31(29,16-7-6-13-4-2-3-5-14(13)10-16)23-20-19(27)18(26)17-21(28)24-8-9-30-12-15(24)11-25(17)22-20/h2-7,10,15,26H,8-9,11-12H2,1H3/t15-,31?/m0/s1. The van der Waals surface area contributed by atoms with Crippen LogP contribution in [0.1, 0.15) is 10.5 Å². The fraction of sp³-hybridized carbons (Fsp3) is 0.286. The molecule has 9 nitrogen and oxygen atoms in total. The first-order chi connectivity index (χ1) is 14.8. The summed E-state index contributed by atoms with van der Waals surface area (Å²) in [6.45, 7) is 1.37. The Bertz CT molecular complexity index is 1410. The molecule has 0 saturated carbocycles. The van der Waals surface area contributed by atoms with Crippen LogP contribution in [-0.2, 0) is 21.0 Å². The molecule has 3 heterocycles. The molecule has 0 aliphatic carbocycles. The van der Waals surface area contributed by atoms with Crippen LogP contribution < -0.4 is 5.43 Å². The topological polar surface area (TPSA) is 114 Å². The van der Waals surface area contributed by atoms with Crippen molar-refractivity contribution in [1.29, 1.82) is 0 Å². The molecule has 1 saturated heterocycles. The summed E-state index contributed by atoms with van der Waals surface area (Å²) in [5.74, 6) is -1.59. The highest BCUT2D eigenvalue weighted by atomic mass is 32.2. The normalized spacial score (nSPS) is 20.1. The van der Waals surface area contributed by atoms with Crippen molar-refractivity contribution in [3.8, 4) is 5.75 Å². The van der Waals surface area contributed by atoms with Crippen molar-refractivity contribution >= 4 is 32.2 Å². The summed E-state index contributed by atoms with van der Waals surface area (Å²) in [6, 6.07) is 12.7. The molecule has 1 unspecified atom stereocenters. The molecule has 1 fully saturated rings. The minimum absolute atomic E-state index is 0.171. The molecule has 0 spiro atoms. The first kappa shape index (κ1) is 19.7. The van der Waals surface area contributed by atoms with Gasteiger partial charge in [0.05, 0.1) is 35.5 Å². The summed E-state index contributed by atoms with van der Waals surface area (Å²) in [5.41, 5.74) is -1.09. The first-order valence-corrected chi connectivity index (χ1v) is 11.7.